The first-order valence-corrected chi connectivity index (χ1v) is 6.25. The van der Waals surface area contributed by atoms with Gasteiger partial charge in [-0.25, -0.2) is 9.97 Å². The SMILES string of the molecule is CCc1nn(C)cc1-c1nc(COC)cc(NC)n1. The number of aryl methyl sites for hydroxylation is 2. The van der Waals surface area contributed by atoms with Crippen LogP contribution >= 0.6 is 0 Å². The van der Waals surface area contributed by atoms with Crippen molar-refractivity contribution >= 4 is 5.82 Å². The second-order valence-electron chi connectivity index (χ2n) is 4.27. The molecule has 1 N–H and O–H groups in total. The van der Waals surface area contributed by atoms with Gasteiger partial charge in [0, 0.05) is 33.5 Å². The van der Waals surface area contributed by atoms with Crippen LogP contribution in [0.1, 0.15) is 18.3 Å². The van der Waals surface area contributed by atoms with Gasteiger partial charge in [-0.15, -0.1) is 0 Å². The lowest BCUT2D eigenvalue weighted by Gasteiger charge is -2.07. The number of methoxy groups -OCH3 is 1. The molecule has 102 valence electrons. The number of rotatable bonds is 5. The molecule has 0 aromatic carbocycles. The molecule has 0 spiro atoms. The van der Waals surface area contributed by atoms with Crippen molar-refractivity contribution in [2.45, 2.75) is 20.0 Å². The summed E-state index contributed by atoms with van der Waals surface area (Å²) in [5, 5.41) is 7.47. The zero-order chi connectivity index (χ0) is 13.8. The van der Waals surface area contributed by atoms with Crippen LogP contribution in [-0.2, 0) is 24.8 Å². The Morgan fingerprint density at radius 3 is 2.79 bits per heavy atom. The molecule has 0 saturated heterocycles. The second-order valence-corrected chi connectivity index (χ2v) is 4.27. The van der Waals surface area contributed by atoms with E-state index >= 15 is 0 Å². The first-order chi connectivity index (χ1) is 9.17. The lowest BCUT2D eigenvalue weighted by molar-refractivity contribution is 0.181. The number of anilines is 1. The summed E-state index contributed by atoms with van der Waals surface area (Å²) in [6, 6.07) is 1.88. The van der Waals surface area contributed by atoms with E-state index in [1.54, 1.807) is 11.8 Å². The summed E-state index contributed by atoms with van der Waals surface area (Å²) in [6.45, 7) is 2.54. The monoisotopic (exact) mass is 261 g/mol. The smallest absolute Gasteiger partial charge is 0.165 e. The van der Waals surface area contributed by atoms with Crippen LogP contribution in [-0.4, -0.2) is 33.9 Å². The third kappa shape index (κ3) is 2.90. The van der Waals surface area contributed by atoms with Crippen LogP contribution in [0.15, 0.2) is 12.3 Å². The van der Waals surface area contributed by atoms with Gasteiger partial charge in [0.05, 0.1) is 23.6 Å². The maximum atomic E-state index is 5.14. The van der Waals surface area contributed by atoms with E-state index in [1.807, 2.05) is 26.4 Å². The lowest BCUT2D eigenvalue weighted by atomic mass is 10.2. The van der Waals surface area contributed by atoms with Crippen molar-refractivity contribution in [2.75, 3.05) is 19.5 Å². The zero-order valence-electron chi connectivity index (χ0n) is 11.8. The molecule has 0 bridgehead atoms. The summed E-state index contributed by atoms with van der Waals surface area (Å²) in [5.74, 6) is 1.46. The molecule has 0 unspecified atom stereocenters. The molecule has 6 heteroatoms. The van der Waals surface area contributed by atoms with Crippen LogP contribution in [0.25, 0.3) is 11.4 Å². The molecule has 0 aliphatic carbocycles. The molecule has 0 aliphatic rings. The number of aromatic nitrogens is 4. The number of hydrogen-bond acceptors (Lipinski definition) is 5. The molecule has 0 fully saturated rings. The number of nitrogens with zero attached hydrogens (tertiary/aromatic N) is 4. The Kier molecular flexibility index (Phi) is 4.11. The van der Waals surface area contributed by atoms with Gasteiger partial charge in [-0.2, -0.15) is 5.10 Å². The minimum Gasteiger partial charge on any atom is -0.378 e. The van der Waals surface area contributed by atoms with E-state index in [2.05, 4.69) is 27.3 Å². The molecule has 2 rings (SSSR count). The van der Waals surface area contributed by atoms with Crippen LogP contribution in [0.5, 0.6) is 0 Å². The highest BCUT2D eigenvalue weighted by Crippen LogP contribution is 2.21. The van der Waals surface area contributed by atoms with Gasteiger partial charge in [-0.3, -0.25) is 4.68 Å². The molecule has 6 nitrogen and oxygen atoms in total. The van der Waals surface area contributed by atoms with Crippen molar-refractivity contribution in [1.82, 2.24) is 19.7 Å². The van der Waals surface area contributed by atoms with Gasteiger partial charge in [0.1, 0.15) is 5.82 Å². The van der Waals surface area contributed by atoms with E-state index in [1.165, 1.54) is 0 Å². The average Bonchev–Trinajstić information content (AvgIpc) is 2.80. The Balaban J connectivity index is 2.50. The second kappa shape index (κ2) is 5.79. The minimum absolute atomic E-state index is 0.464. The normalized spacial score (nSPS) is 10.7. The standard InChI is InChI=1S/C13H19N5O/c1-5-11-10(7-18(3)17-11)13-15-9(8-19-4)6-12(14-2)16-13/h6-7H,5,8H2,1-4H3,(H,14,15,16). The van der Waals surface area contributed by atoms with Crippen molar-refractivity contribution < 1.29 is 4.74 Å². The Hall–Kier alpha value is -1.95. The van der Waals surface area contributed by atoms with E-state index in [4.69, 9.17) is 4.74 Å². The fraction of sp³-hybridized carbons (Fsp3) is 0.462. The molecule has 2 aromatic heterocycles. The molecule has 0 aliphatic heterocycles. The molecule has 19 heavy (non-hydrogen) atoms. The van der Waals surface area contributed by atoms with Crippen LogP contribution in [0.3, 0.4) is 0 Å². The summed E-state index contributed by atoms with van der Waals surface area (Å²) in [5.41, 5.74) is 2.82. The van der Waals surface area contributed by atoms with Crippen LogP contribution in [0, 0.1) is 0 Å². The van der Waals surface area contributed by atoms with E-state index in [-0.39, 0.29) is 0 Å². The lowest BCUT2D eigenvalue weighted by Crippen LogP contribution is -2.02. The molecule has 2 heterocycles. The first-order valence-electron chi connectivity index (χ1n) is 6.25. The Labute approximate surface area is 112 Å². The summed E-state index contributed by atoms with van der Waals surface area (Å²) in [4.78, 5) is 9.03. The van der Waals surface area contributed by atoms with Gasteiger partial charge in [0.25, 0.3) is 0 Å². The maximum Gasteiger partial charge on any atom is 0.165 e. The fourth-order valence-corrected chi connectivity index (χ4v) is 1.95. The highest BCUT2D eigenvalue weighted by atomic mass is 16.5. The Morgan fingerprint density at radius 2 is 2.16 bits per heavy atom. The average molecular weight is 261 g/mol. The molecular formula is C13H19N5O. The van der Waals surface area contributed by atoms with Crippen LogP contribution in [0.4, 0.5) is 5.82 Å². The van der Waals surface area contributed by atoms with Gasteiger partial charge < -0.3 is 10.1 Å². The van der Waals surface area contributed by atoms with Crippen LogP contribution < -0.4 is 5.32 Å². The topological polar surface area (TPSA) is 64.9 Å². The molecule has 0 amide bonds. The first kappa shape index (κ1) is 13.5. The molecule has 0 atom stereocenters. The van der Waals surface area contributed by atoms with Crippen molar-refractivity contribution in [2.24, 2.45) is 7.05 Å². The third-order valence-corrected chi connectivity index (χ3v) is 2.81. The van der Waals surface area contributed by atoms with E-state index < -0.39 is 0 Å². The number of ether oxygens (including phenoxy) is 1. The highest BCUT2D eigenvalue weighted by molar-refractivity contribution is 5.59. The molecule has 0 saturated carbocycles. The predicted molar refractivity (Wildman–Crippen MR) is 73.9 cm³/mol. The summed E-state index contributed by atoms with van der Waals surface area (Å²) < 4.78 is 6.93. The number of hydrogen-bond donors (Lipinski definition) is 1. The Morgan fingerprint density at radius 1 is 1.37 bits per heavy atom. The molecule has 0 radical (unpaired) electrons. The number of nitrogens with one attached hydrogen (secondary N) is 1. The predicted octanol–water partition coefficient (Wildman–Crippen LogP) is 1.63. The molecular weight excluding hydrogens is 242 g/mol. The van der Waals surface area contributed by atoms with Crippen LogP contribution in [0.2, 0.25) is 0 Å². The van der Waals surface area contributed by atoms with E-state index in [0.29, 0.717) is 12.4 Å². The third-order valence-electron chi connectivity index (χ3n) is 2.81. The van der Waals surface area contributed by atoms with Gasteiger partial charge in [0.2, 0.25) is 0 Å². The van der Waals surface area contributed by atoms with Gasteiger partial charge in [0.15, 0.2) is 5.82 Å². The summed E-state index contributed by atoms with van der Waals surface area (Å²) >= 11 is 0. The maximum absolute atomic E-state index is 5.14. The van der Waals surface area contributed by atoms with Crippen molar-refractivity contribution in [3.63, 3.8) is 0 Å². The van der Waals surface area contributed by atoms with Crippen molar-refractivity contribution in [1.29, 1.82) is 0 Å². The quantitative estimate of drug-likeness (QED) is 0.886. The van der Waals surface area contributed by atoms with E-state index in [9.17, 15) is 0 Å². The zero-order valence-corrected chi connectivity index (χ0v) is 11.8. The highest BCUT2D eigenvalue weighted by Gasteiger charge is 2.13. The Bertz CT molecular complexity index is 564. The van der Waals surface area contributed by atoms with Gasteiger partial charge >= 0.3 is 0 Å². The summed E-state index contributed by atoms with van der Waals surface area (Å²) in [7, 11) is 5.40. The minimum atomic E-state index is 0.464. The van der Waals surface area contributed by atoms with Crippen molar-refractivity contribution in [3.8, 4) is 11.4 Å². The van der Waals surface area contributed by atoms with Gasteiger partial charge in [-0.1, -0.05) is 6.92 Å². The summed E-state index contributed by atoms with van der Waals surface area (Å²) in [6.07, 6.45) is 2.80. The van der Waals surface area contributed by atoms with Gasteiger partial charge in [-0.05, 0) is 6.42 Å². The molecule has 2 aromatic rings. The fourth-order valence-electron chi connectivity index (χ4n) is 1.95. The van der Waals surface area contributed by atoms with Crippen molar-refractivity contribution in [3.05, 3.63) is 23.7 Å². The largest absolute Gasteiger partial charge is 0.378 e. The van der Waals surface area contributed by atoms with E-state index in [0.717, 1.165) is 29.2 Å².